The Kier molecular flexibility index (Phi) is 4.64. The fourth-order valence-corrected chi connectivity index (χ4v) is 5.50. The molecule has 4 fully saturated rings. The van der Waals surface area contributed by atoms with E-state index in [1.807, 2.05) is 30.3 Å². The molecule has 3 unspecified atom stereocenters. The molecule has 0 radical (unpaired) electrons. The van der Waals surface area contributed by atoms with Crippen molar-refractivity contribution in [3.8, 4) is 0 Å². The summed E-state index contributed by atoms with van der Waals surface area (Å²) < 4.78 is 0. The normalized spacial score (nSPS) is 38.0. The van der Waals surface area contributed by atoms with E-state index in [-0.39, 0.29) is 22.7 Å². The zero-order valence-corrected chi connectivity index (χ0v) is 13.9. The minimum absolute atomic E-state index is 0. The molecule has 2 aromatic rings. The Hall–Kier alpha value is -0.821. The molecule has 4 aliphatic carbocycles. The van der Waals surface area contributed by atoms with Crippen molar-refractivity contribution in [3.63, 3.8) is 0 Å². The number of rotatable bonds is 1. The second-order valence-corrected chi connectivity index (χ2v) is 7.37. The molecule has 1 nitrogen and oxygen atoms in total. The van der Waals surface area contributed by atoms with Gasteiger partial charge in [0.05, 0.1) is 5.60 Å². The number of hydrogen-bond donors (Lipinski definition) is 1. The Morgan fingerprint density at radius 3 is 1.82 bits per heavy atom. The Bertz CT molecular complexity index is 525. The van der Waals surface area contributed by atoms with Crippen LogP contribution in [0.4, 0.5) is 0 Å². The maximum Gasteiger partial charge on any atom is 0.0620 e. The monoisotopic (exact) mass is 336 g/mol. The Morgan fingerprint density at radius 1 is 0.864 bits per heavy atom. The van der Waals surface area contributed by atoms with Gasteiger partial charge in [0.25, 0.3) is 0 Å². The molecule has 6 rings (SSSR count). The second-order valence-electron chi connectivity index (χ2n) is 7.37. The zero-order chi connectivity index (χ0) is 14.3. The topological polar surface area (TPSA) is 20.2 Å². The summed E-state index contributed by atoms with van der Waals surface area (Å²) in [6.07, 6.45) is 6.27. The van der Waals surface area contributed by atoms with Gasteiger partial charge >= 0.3 is 0 Å². The van der Waals surface area contributed by atoms with Crippen LogP contribution >= 0.6 is 0 Å². The molecule has 2 heteroatoms. The van der Waals surface area contributed by atoms with E-state index in [0.717, 1.165) is 30.6 Å². The van der Waals surface area contributed by atoms with Crippen LogP contribution < -0.4 is 0 Å². The van der Waals surface area contributed by atoms with Crippen LogP contribution in [0.25, 0.3) is 0 Å². The van der Waals surface area contributed by atoms with Crippen LogP contribution in [-0.4, -0.2) is 10.7 Å². The summed E-state index contributed by atoms with van der Waals surface area (Å²) in [5, 5.41) is 10.9. The van der Waals surface area contributed by atoms with E-state index in [9.17, 15) is 5.11 Å². The first-order valence-corrected chi connectivity index (χ1v) is 8.35. The van der Waals surface area contributed by atoms with Gasteiger partial charge in [0.1, 0.15) is 0 Å². The summed E-state index contributed by atoms with van der Waals surface area (Å²) >= 11 is 0. The minimum atomic E-state index is -0.358. The van der Waals surface area contributed by atoms with E-state index in [0.29, 0.717) is 5.92 Å². The van der Waals surface area contributed by atoms with E-state index in [2.05, 4.69) is 24.3 Å². The van der Waals surface area contributed by atoms with Crippen LogP contribution in [0.5, 0.6) is 0 Å². The van der Waals surface area contributed by atoms with Crippen LogP contribution in [0.2, 0.25) is 0 Å². The molecule has 124 valence electrons. The van der Waals surface area contributed by atoms with Crippen LogP contribution in [-0.2, 0) is 17.1 Å². The molecule has 0 aliphatic heterocycles. The van der Waals surface area contributed by atoms with Crippen molar-refractivity contribution in [1.82, 2.24) is 0 Å². The van der Waals surface area contributed by atoms with Gasteiger partial charge in [-0.25, -0.2) is 12.1 Å². The van der Waals surface area contributed by atoms with Crippen LogP contribution in [0.1, 0.15) is 43.6 Å². The van der Waals surface area contributed by atoms with Crippen molar-refractivity contribution in [3.05, 3.63) is 60.2 Å². The number of hydrogen-bond acceptors (Lipinski definition) is 1. The average Bonchev–Trinajstić information content (AvgIpc) is 3.13. The van der Waals surface area contributed by atoms with E-state index < -0.39 is 0 Å². The number of aliphatic hydroxyl groups is 1. The largest absolute Gasteiger partial charge is 0.748 e. The maximum atomic E-state index is 10.9. The molecular weight excluding hydrogens is 312 g/mol. The van der Waals surface area contributed by atoms with Crippen LogP contribution in [0, 0.1) is 17.8 Å². The Morgan fingerprint density at radius 2 is 1.36 bits per heavy atom. The van der Waals surface area contributed by atoms with E-state index >= 15 is 0 Å². The van der Waals surface area contributed by atoms with Gasteiger partial charge in [-0.15, -0.1) is 0 Å². The summed E-state index contributed by atoms with van der Waals surface area (Å²) in [5.74, 6) is 2.86. The summed E-state index contributed by atoms with van der Waals surface area (Å²) in [4.78, 5) is 0. The van der Waals surface area contributed by atoms with E-state index in [1.165, 1.54) is 24.8 Å². The quantitative estimate of drug-likeness (QED) is 0.602. The molecule has 0 saturated heterocycles. The van der Waals surface area contributed by atoms with Gasteiger partial charge in [0.2, 0.25) is 0 Å². The van der Waals surface area contributed by atoms with Gasteiger partial charge in [-0.2, -0.15) is 17.7 Å². The Balaban J connectivity index is 0.000000208. The molecule has 0 heterocycles. The van der Waals surface area contributed by atoms with E-state index in [4.69, 9.17) is 0 Å². The molecule has 4 saturated carbocycles. The molecule has 0 spiro atoms. The standard InChI is InChI=1S/C15H19O.C5H5.Fe/c16-15-8-10-5-11(9-15)7-13(6-10)14(15)12-3-1-2-4-12;1-2-4-5-3-1;/h1-4,10-11,13-14,16H,5-9H2;1-5H;/q-1;-5;. The van der Waals surface area contributed by atoms with Crippen molar-refractivity contribution in [2.45, 2.75) is 43.6 Å². The van der Waals surface area contributed by atoms with E-state index in [1.54, 1.807) is 0 Å². The third-order valence-electron chi connectivity index (χ3n) is 5.88. The molecule has 0 amide bonds. The van der Waals surface area contributed by atoms with Gasteiger partial charge in [0, 0.05) is 17.1 Å². The minimum Gasteiger partial charge on any atom is -0.748 e. The Labute approximate surface area is 143 Å². The first-order chi connectivity index (χ1) is 10.2. The van der Waals surface area contributed by atoms with Crippen molar-refractivity contribution in [1.29, 1.82) is 0 Å². The van der Waals surface area contributed by atoms with Crippen molar-refractivity contribution >= 4 is 0 Å². The molecule has 1 N–H and O–H groups in total. The first-order valence-electron chi connectivity index (χ1n) is 8.35. The van der Waals surface area contributed by atoms with Crippen molar-refractivity contribution in [2.24, 2.45) is 17.8 Å². The maximum absolute atomic E-state index is 10.9. The summed E-state index contributed by atoms with van der Waals surface area (Å²) in [5.41, 5.74) is 1.04. The van der Waals surface area contributed by atoms with Crippen molar-refractivity contribution < 1.29 is 22.2 Å². The predicted octanol–water partition coefficient (Wildman–Crippen LogP) is 4.46. The van der Waals surface area contributed by atoms with Gasteiger partial charge in [-0.1, -0.05) is 0 Å². The molecule has 2 aromatic carbocycles. The fourth-order valence-electron chi connectivity index (χ4n) is 5.50. The van der Waals surface area contributed by atoms with Crippen LogP contribution in [0.3, 0.4) is 0 Å². The molecule has 0 aromatic heterocycles. The first kappa shape index (κ1) is 16.1. The fraction of sp³-hybridized carbons (Fsp3) is 0.500. The SMILES string of the molecule is OC12CC3CC(CC(C3)C1[c-]1cccc1)C2.[Fe].[cH-]1[cH-][cH-][cH-][cH-]1. The third kappa shape index (κ3) is 2.85. The van der Waals surface area contributed by atoms with Gasteiger partial charge in [0.15, 0.2) is 0 Å². The summed E-state index contributed by atoms with van der Waals surface area (Å²) in [6.45, 7) is 0. The summed E-state index contributed by atoms with van der Waals surface area (Å²) in [7, 11) is 0. The summed E-state index contributed by atoms with van der Waals surface area (Å²) in [6, 6.07) is 18.7. The zero-order valence-electron chi connectivity index (χ0n) is 12.8. The second kappa shape index (κ2) is 6.35. The molecule has 4 aliphatic rings. The molecule has 3 atom stereocenters. The average molecular weight is 336 g/mol. The van der Waals surface area contributed by atoms with Gasteiger partial charge < -0.3 is 35.4 Å². The van der Waals surface area contributed by atoms with Crippen LogP contribution in [0.15, 0.2) is 54.6 Å². The molecular formula is C20H24FeO-6. The molecule has 22 heavy (non-hydrogen) atoms. The van der Waals surface area contributed by atoms with Crippen molar-refractivity contribution in [2.75, 3.05) is 0 Å². The molecule has 4 bridgehead atoms. The smallest absolute Gasteiger partial charge is 0.0620 e. The van der Waals surface area contributed by atoms with Gasteiger partial charge in [-0.3, -0.25) is 0 Å². The van der Waals surface area contributed by atoms with Gasteiger partial charge in [-0.05, 0) is 55.8 Å². The third-order valence-corrected chi connectivity index (χ3v) is 5.88. The predicted molar refractivity (Wildman–Crippen MR) is 85.3 cm³/mol.